The lowest BCUT2D eigenvalue weighted by Crippen LogP contribution is -2.46. The first-order chi connectivity index (χ1) is 15.4. The molecule has 206 valence electrons. The summed E-state index contributed by atoms with van der Waals surface area (Å²) >= 11 is 0. The minimum atomic E-state index is -4.90. The topological polar surface area (TPSA) is 110 Å². The predicted octanol–water partition coefficient (Wildman–Crippen LogP) is 5.52. The van der Waals surface area contributed by atoms with Crippen LogP contribution in [0.4, 0.5) is 13.2 Å². The molecule has 0 saturated heterocycles. The Labute approximate surface area is 206 Å². The second kappa shape index (κ2) is 11.5. The molecule has 7 nitrogen and oxygen atoms in total. The molecule has 35 heavy (non-hydrogen) atoms. The molecule has 0 aliphatic carbocycles. The zero-order valence-electron chi connectivity index (χ0n) is 22.6. The Bertz CT molecular complexity index is 753. The molecule has 0 spiro atoms. The van der Waals surface area contributed by atoms with Crippen molar-refractivity contribution in [3.8, 4) is 0 Å². The summed E-state index contributed by atoms with van der Waals surface area (Å²) < 4.78 is 50.0. The van der Waals surface area contributed by atoms with Crippen LogP contribution in [0, 0.1) is 22.7 Å². The fourth-order valence-electron chi connectivity index (χ4n) is 3.24. The fraction of sp³-hybridized carbons (Fsp3) is 0.880. The zero-order valence-corrected chi connectivity index (χ0v) is 22.6. The molecule has 0 aromatic rings. The quantitative estimate of drug-likeness (QED) is 0.331. The van der Waals surface area contributed by atoms with Crippen molar-refractivity contribution >= 4 is 17.9 Å². The van der Waals surface area contributed by atoms with Crippen molar-refractivity contribution in [1.82, 2.24) is 0 Å². The number of esters is 2. The van der Waals surface area contributed by atoms with Crippen LogP contribution in [0.2, 0.25) is 0 Å². The van der Waals surface area contributed by atoms with Crippen LogP contribution in [-0.2, 0) is 23.9 Å². The van der Waals surface area contributed by atoms with Gasteiger partial charge in [-0.1, -0.05) is 34.6 Å². The van der Waals surface area contributed by atoms with Crippen LogP contribution in [0.5, 0.6) is 0 Å². The highest BCUT2D eigenvalue weighted by Gasteiger charge is 2.51. The number of carboxylic acids is 1. The van der Waals surface area contributed by atoms with Crippen LogP contribution in [0.25, 0.3) is 0 Å². The number of carbonyl (C=O) groups is 3. The molecular weight excluding hydrogens is 469 g/mol. The highest BCUT2D eigenvalue weighted by atomic mass is 19.4. The highest BCUT2D eigenvalue weighted by molar-refractivity contribution is 5.79. The summed E-state index contributed by atoms with van der Waals surface area (Å²) in [6, 6.07) is 0. The molecule has 0 saturated carbocycles. The van der Waals surface area contributed by atoms with Gasteiger partial charge in [0.1, 0.15) is 11.7 Å². The predicted molar refractivity (Wildman–Crippen MR) is 124 cm³/mol. The summed E-state index contributed by atoms with van der Waals surface area (Å²) in [4.78, 5) is 37.7. The third kappa shape index (κ3) is 9.28. The maximum Gasteiger partial charge on any atom is 0.417 e. The summed E-state index contributed by atoms with van der Waals surface area (Å²) in [5, 5.41) is 19.1. The average molecular weight is 513 g/mol. The summed E-state index contributed by atoms with van der Waals surface area (Å²) in [7, 11) is 0. The van der Waals surface area contributed by atoms with Gasteiger partial charge in [0.25, 0.3) is 0 Å². The van der Waals surface area contributed by atoms with E-state index < -0.39 is 70.5 Å². The smallest absolute Gasteiger partial charge is 0.417 e. The molecule has 0 bridgehead atoms. The second-order valence-electron chi connectivity index (χ2n) is 11.7. The Morgan fingerprint density at radius 3 is 1.77 bits per heavy atom. The number of rotatable bonds is 12. The van der Waals surface area contributed by atoms with Gasteiger partial charge >= 0.3 is 24.1 Å². The molecule has 5 atom stereocenters. The molecule has 0 aromatic heterocycles. The van der Waals surface area contributed by atoms with E-state index in [1.54, 1.807) is 20.8 Å². The minimum Gasteiger partial charge on any atom is -0.481 e. The van der Waals surface area contributed by atoms with Crippen molar-refractivity contribution in [2.45, 2.75) is 118 Å². The molecule has 0 rings (SSSR count). The maximum absolute atomic E-state index is 13.2. The lowest BCUT2D eigenvalue weighted by molar-refractivity contribution is -0.261. The van der Waals surface area contributed by atoms with Crippen molar-refractivity contribution in [2.75, 3.05) is 0 Å². The van der Waals surface area contributed by atoms with E-state index in [0.29, 0.717) is 6.92 Å². The number of hydrogen-bond donors (Lipinski definition) is 2. The number of alkyl halides is 3. The van der Waals surface area contributed by atoms with Crippen LogP contribution in [0.15, 0.2) is 0 Å². The third-order valence-electron chi connectivity index (χ3n) is 7.13. The SMILES string of the molecule is CCC(C)(CC(CC(C)C(=O)O)C(=O)OC(C)(C)C(C)(C)C)C(=O)OC(C)CC(C)(O)C(F)(F)F. The van der Waals surface area contributed by atoms with E-state index in [4.69, 9.17) is 9.47 Å². The second-order valence-corrected chi connectivity index (χ2v) is 11.7. The van der Waals surface area contributed by atoms with Crippen molar-refractivity contribution in [3.05, 3.63) is 0 Å². The van der Waals surface area contributed by atoms with Crippen LogP contribution < -0.4 is 0 Å². The zero-order chi connectivity index (χ0) is 28.2. The monoisotopic (exact) mass is 512 g/mol. The van der Waals surface area contributed by atoms with Gasteiger partial charge in [0.2, 0.25) is 0 Å². The first kappa shape index (κ1) is 33.2. The third-order valence-corrected chi connectivity index (χ3v) is 7.13. The molecule has 5 unspecified atom stereocenters. The number of hydrogen-bond acceptors (Lipinski definition) is 6. The van der Waals surface area contributed by atoms with Gasteiger partial charge in [-0.05, 0) is 53.9 Å². The van der Waals surface area contributed by atoms with E-state index in [-0.39, 0.29) is 19.3 Å². The number of aliphatic hydroxyl groups is 1. The van der Waals surface area contributed by atoms with Gasteiger partial charge in [-0.3, -0.25) is 14.4 Å². The summed E-state index contributed by atoms with van der Waals surface area (Å²) in [6.45, 7) is 15.6. The molecule has 0 aromatic carbocycles. The molecule has 2 N–H and O–H groups in total. The van der Waals surface area contributed by atoms with Gasteiger partial charge in [0.15, 0.2) is 5.60 Å². The standard InChI is InChI=1S/C25H43F3O7/c1-11-23(9,20(32)34-16(3)13-24(10,33)25(26,27)28)14-17(12-15(2)18(29)30)19(31)35-22(7,8)21(4,5)6/h15-17,33H,11-14H2,1-10H3,(H,29,30). The van der Waals surface area contributed by atoms with Crippen molar-refractivity contribution in [3.63, 3.8) is 0 Å². The fourth-order valence-corrected chi connectivity index (χ4v) is 3.24. The van der Waals surface area contributed by atoms with Gasteiger partial charge in [-0.25, -0.2) is 0 Å². The number of halogens is 3. The van der Waals surface area contributed by atoms with E-state index in [1.165, 1.54) is 20.8 Å². The normalized spacial score (nSPS) is 19.0. The first-order valence-corrected chi connectivity index (χ1v) is 11.9. The lowest BCUT2D eigenvalue weighted by atomic mass is 9.75. The van der Waals surface area contributed by atoms with Gasteiger partial charge in [0.05, 0.1) is 17.3 Å². The van der Waals surface area contributed by atoms with Crippen LogP contribution >= 0.6 is 0 Å². The minimum absolute atomic E-state index is 0.0877. The summed E-state index contributed by atoms with van der Waals surface area (Å²) in [5.74, 6) is -4.46. The van der Waals surface area contributed by atoms with Crippen LogP contribution in [0.3, 0.4) is 0 Å². The van der Waals surface area contributed by atoms with E-state index >= 15 is 0 Å². The Hall–Kier alpha value is -1.84. The molecule has 0 amide bonds. The number of carboxylic acid groups (broad SMARTS) is 1. The summed E-state index contributed by atoms with van der Waals surface area (Å²) in [5.41, 5.74) is -5.66. The Morgan fingerprint density at radius 1 is 0.914 bits per heavy atom. The molecule has 0 heterocycles. The van der Waals surface area contributed by atoms with Crippen LogP contribution in [-0.4, -0.2) is 51.6 Å². The first-order valence-electron chi connectivity index (χ1n) is 11.9. The van der Waals surface area contributed by atoms with Gasteiger partial charge in [-0.2, -0.15) is 13.2 Å². The Morgan fingerprint density at radius 2 is 1.40 bits per heavy atom. The molecule has 0 radical (unpaired) electrons. The van der Waals surface area contributed by atoms with E-state index in [0.717, 1.165) is 0 Å². The molecule has 0 fully saturated rings. The average Bonchev–Trinajstić information content (AvgIpc) is 2.64. The van der Waals surface area contributed by atoms with Gasteiger partial charge < -0.3 is 19.7 Å². The molecule has 0 aliphatic rings. The van der Waals surface area contributed by atoms with Crippen LogP contribution in [0.1, 0.15) is 94.9 Å². The molecule has 0 aliphatic heterocycles. The number of ether oxygens (including phenoxy) is 2. The van der Waals surface area contributed by atoms with Crippen molar-refractivity contribution in [1.29, 1.82) is 0 Å². The van der Waals surface area contributed by atoms with E-state index in [1.807, 2.05) is 20.8 Å². The number of carbonyl (C=O) groups excluding carboxylic acids is 2. The Kier molecular flexibility index (Phi) is 10.9. The summed E-state index contributed by atoms with van der Waals surface area (Å²) in [6.07, 6.45) is -7.03. The van der Waals surface area contributed by atoms with E-state index in [2.05, 4.69) is 0 Å². The van der Waals surface area contributed by atoms with E-state index in [9.17, 15) is 37.8 Å². The Balaban J connectivity index is 5.83. The maximum atomic E-state index is 13.2. The highest BCUT2D eigenvalue weighted by Crippen LogP contribution is 2.39. The molecular formula is C25H43F3O7. The molecule has 10 heteroatoms. The lowest BCUT2D eigenvalue weighted by Gasteiger charge is -2.40. The largest absolute Gasteiger partial charge is 0.481 e. The van der Waals surface area contributed by atoms with Gasteiger partial charge in [-0.15, -0.1) is 0 Å². The van der Waals surface area contributed by atoms with Gasteiger partial charge in [0, 0.05) is 11.8 Å². The van der Waals surface area contributed by atoms with Crippen molar-refractivity contribution in [2.24, 2.45) is 22.7 Å². The number of aliphatic carboxylic acids is 1. The van der Waals surface area contributed by atoms with Crippen molar-refractivity contribution < 1.29 is 47.2 Å².